The molecule has 5 nitrogen and oxygen atoms in total. The highest BCUT2D eigenvalue weighted by Crippen LogP contribution is 2.30. The molecular formula is C19H14F3N3O2. The standard InChI is InChI=1S/C19H14F3N3O2/c20-19(21,22)13-4-1-3-12(9-13)18(26)25-15-5-2-6-16(10-15)27-17-8-7-14(23)11-24-17/h1-11H,23H2,(H,25,26). The van der Waals surface area contributed by atoms with Crippen LogP contribution in [0.2, 0.25) is 0 Å². The van der Waals surface area contributed by atoms with Crippen LogP contribution in [0.5, 0.6) is 11.6 Å². The van der Waals surface area contributed by atoms with Crippen LogP contribution in [0.4, 0.5) is 24.5 Å². The Morgan fingerprint density at radius 3 is 2.52 bits per heavy atom. The van der Waals surface area contributed by atoms with Crippen LogP contribution in [0.1, 0.15) is 15.9 Å². The first kappa shape index (κ1) is 18.2. The monoisotopic (exact) mass is 373 g/mol. The van der Waals surface area contributed by atoms with Gasteiger partial charge < -0.3 is 15.8 Å². The Morgan fingerprint density at radius 1 is 1.04 bits per heavy atom. The summed E-state index contributed by atoms with van der Waals surface area (Å²) < 4.78 is 43.9. The second kappa shape index (κ2) is 7.36. The molecule has 0 radical (unpaired) electrons. The Bertz CT molecular complexity index is 957. The van der Waals surface area contributed by atoms with Gasteiger partial charge in [-0.25, -0.2) is 4.98 Å². The second-order valence-corrected chi connectivity index (χ2v) is 5.59. The van der Waals surface area contributed by atoms with E-state index in [0.29, 0.717) is 23.0 Å². The molecule has 2 aromatic carbocycles. The normalized spacial score (nSPS) is 11.1. The number of pyridine rings is 1. The topological polar surface area (TPSA) is 77.2 Å². The predicted octanol–water partition coefficient (Wildman–Crippen LogP) is 4.73. The SMILES string of the molecule is Nc1ccc(Oc2cccc(NC(=O)c3cccc(C(F)(F)F)c3)c2)nc1. The largest absolute Gasteiger partial charge is 0.439 e. The fourth-order valence-corrected chi connectivity index (χ4v) is 2.25. The minimum absolute atomic E-state index is 0.101. The Hall–Kier alpha value is -3.55. The van der Waals surface area contributed by atoms with Gasteiger partial charge in [0.15, 0.2) is 0 Å². The summed E-state index contributed by atoms with van der Waals surface area (Å²) in [5.41, 5.74) is 5.42. The van der Waals surface area contributed by atoms with Gasteiger partial charge in [0.2, 0.25) is 5.88 Å². The van der Waals surface area contributed by atoms with E-state index in [4.69, 9.17) is 10.5 Å². The number of nitrogens with zero attached hydrogens (tertiary/aromatic N) is 1. The van der Waals surface area contributed by atoms with Gasteiger partial charge in [-0.3, -0.25) is 4.79 Å². The molecule has 3 aromatic rings. The number of anilines is 2. The minimum atomic E-state index is -4.52. The average molecular weight is 373 g/mol. The van der Waals surface area contributed by atoms with Crippen LogP contribution in [-0.4, -0.2) is 10.9 Å². The lowest BCUT2D eigenvalue weighted by atomic mass is 10.1. The lowest BCUT2D eigenvalue weighted by molar-refractivity contribution is -0.137. The molecule has 0 saturated heterocycles. The highest BCUT2D eigenvalue weighted by molar-refractivity contribution is 6.04. The summed E-state index contributed by atoms with van der Waals surface area (Å²) in [6.07, 6.45) is -3.08. The van der Waals surface area contributed by atoms with Gasteiger partial charge in [-0.2, -0.15) is 13.2 Å². The van der Waals surface area contributed by atoms with Gasteiger partial charge in [-0.1, -0.05) is 12.1 Å². The smallest absolute Gasteiger partial charge is 0.416 e. The van der Waals surface area contributed by atoms with Gasteiger partial charge in [0.05, 0.1) is 17.4 Å². The van der Waals surface area contributed by atoms with Crippen LogP contribution < -0.4 is 15.8 Å². The van der Waals surface area contributed by atoms with Crippen molar-refractivity contribution < 1.29 is 22.7 Å². The van der Waals surface area contributed by atoms with Crippen LogP contribution in [0.25, 0.3) is 0 Å². The highest BCUT2D eigenvalue weighted by Gasteiger charge is 2.30. The summed E-state index contributed by atoms with van der Waals surface area (Å²) in [5, 5.41) is 2.55. The fraction of sp³-hybridized carbons (Fsp3) is 0.0526. The molecule has 1 aromatic heterocycles. The number of benzene rings is 2. The zero-order valence-electron chi connectivity index (χ0n) is 13.8. The van der Waals surface area contributed by atoms with E-state index >= 15 is 0 Å². The maximum atomic E-state index is 12.8. The predicted molar refractivity (Wildman–Crippen MR) is 94.6 cm³/mol. The van der Waals surface area contributed by atoms with E-state index in [0.717, 1.165) is 12.1 Å². The van der Waals surface area contributed by atoms with Gasteiger partial charge in [-0.15, -0.1) is 0 Å². The summed E-state index contributed by atoms with van der Waals surface area (Å²) in [6, 6.07) is 13.8. The van der Waals surface area contributed by atoms with E-state index in [1.54, 1.807) is 30.3 Å². The minimum Gasteiger partial charge on any atom is -0.439 e. The van der Waals surface area contributed by atoms with Crippen LogP contribution in [0.15, 0.2) is 66.9 Å². The highest BCUT2D eigenvalue weighted by atomic mass is 19.4. The molecule has 0 aliphatic carbocycles. The molecule has 0 atom stereocenters. The van der Waals surface area contributed by atoms with Crippen molar-refractivity contribution in [2.75, 3.05) is 11.1 Å². The van der Waals surface area contributed by atoms with Crippen LogP contribution in [-0.2, 0) is 6.18 Å². The zero-order valence-corrected chi connectivity index (χ0v) is 13.8. The van der Waals surface area contributed by atoms with Gasteiger partial charge in [0.1, 0.15) is 5.75 Å². The lowest BCUT2D eigenvalue weighted by Crippen LogP contribution is -2.13. The number of amides is 1. The summed E-state index contributed by atoms with van der Waals surface area (Å²) >= 11 is 0. The van der Waals surface area contributed by atoms with Crippen molar-refractivity contribution in [1.82, 2.24) is 4.98 Å². The zero-order chi connectivity index (χ0) is 19.4. The number of rotatable bonds is 4. The molecule has 138 valence electrons. The number of carbonyl (C=O) groups excluding carboxylic acids is 1. The molecule has 0 aliphatic rings. The van der Waals surface area contributed by atoms with Crippen molar-refractivity contribution in [1.29, 1.82) is 0 Å². The summed E-state index contributed by atoms with van der Waals surface area (Å²) in [7, 11) is 0. The molecule has 1 amide bonds. The molecule has 1 heterocycles. The first-order valence-corrected chi connectivity index (χ1v) is 7.79. The van der Waals surface area contributed by atoms with Crippen molar-refractivity contribution in [3.63, 3.8) is 0 Å². The van der Waals surface area contributed by atoms with Crippen LogP contribution >= 0.6 is 0 Å². The summed E-state index contributed by atoms with van der Waals surface area (Å²) in [6.45, 7) is 0. The second-order valence-electron chi connectivity index (χ2n) is 5.59. The number of halogens is 3. The number of hydrogen-bond donors (Lipinski definition) is 2. The van der Waals surface area contributed by atoms with E-state index in [9.17, 15) is 18.0 Å². The summed E-state index contributed by atoms with van der Waals surface area (Å²) in [4.78, 5) is 16.3. The molecule has 0 saturated carbocycles. The molecule has 8 heteroatoms. The number of hydrogen-bond acceptors (Lipinski definition) is 4. The van der Waals surface area contributed by atoms with Gasteiger partial charge in [0, 0.05) is 23.4 Å². The average Bonchev–Trinajstić information content (AvgIpc) is 2.63. The number of nitrogens with one attached hydrogen (secondary N) is 1. The first-order valence-electron chi connectivity index (χ1n) is 7.79. The Morgan fingerprint density at radius 2 is 1.81 bits per heavy atom. The van der Waals surface area contributed by atoms with Gasteiger partial charge in [0.25, 0.3) is 5.91 Å². The van der Waals surface area contributed by atoms with E-state index in [1.807, 2.05) is 0 Å². The Kier molecular flexibility index (Phi) is 4.98. The molecule has 3 rings (SSSR count). The molecule has 0 unspecified atom stereocenters. The van der Waals surface area contributed by atoms with E-state index in [-0.39, 0.29) is 5.56 Å². The van der Waals surface area contributed by atoms with Crippen LogP contribution in [0.3, 0.4) is 0 Å². The van der Waals surface area contributed by atoms with Crippen LogP contribution in [0, 0.1) is 0 Å². The van der Waals surface area contributed by atoms with Crippen molar-refractivity contribution in [2.24, 2.45) is 0 Å². The molecular weight excluding hydrogens is 359 g/mol. The van der Waals surface area contributed by atoms with Crippen molar-refractivity contribution >= 4 is 17.3 Å². The first-order chi connectivity index (χ1) is 12.8. The molecule has 27 heavy (non-hydrogen) atoms. The Labute approximate surface area is 152 Å². The third-order valence-electron chi connectivity index (χ3n) is 3.53. The maximum Gasteiger partial charge on any atom is 0.416 e. The molecule has 0 bridgehead atoms. The quantitative estimate of drug-likeness (QED) is 0.693. The number of nitrogens with two attached hydrogens (primary N) is 1. The number of ether oxygens (including phenoxy) is 1. The molecule has 3 N–H and O–H groups in total. The van der Waals surface area contributed by atoms with E-state index in [1.165, 1.54) is 24.4 Å². The number of aromatic nitrogens is 1. The third-order valence-corrected chi connectivity index (χ3v) is 3.53. The summed E-state index contributed by atoms with van der Waals surface area (Å²) in [5.74, 6) is 0.0449. The number of carbonyl (C=O) groups is 1. The lowest BCUT2D eigenvalue weighted by Gasteiger charge is -2.10. The third kappa shape index (κ3) is 4.75. The van der Waals surface area contributed by atoms with E-state index in [2.05, 4.69) is 10.3 Å². The van der Waals surface area contributed by atoms with Crippen molar-refractivity contribution in [2.45, 2.75) is 6.18 Å². The van der Waals surface area contributed by atoms with Crippen molar-refractivity contribution in [3.05, 3.63) is 78.0 Å². The van der Waals surface area contributed by atoms with Gasteiger partial charge >= 0.3 is 6.18 Å². The van der Waals surface area contributed by atoms with E-state index < -0.39 is 17.6 Å². The maximum absolute atomic E-state index is 12.8. The molecule has 0 spiro atoms. The molecule has 0 aliphatic heterocycles. The van der Waals surface area contributed by atoms with Gasteiger partial charge in [-0.05, 0) is 36.4 Å². The Balaban J connectivity index is 1.74. The number of alkyl halides is 3. The number of nitrogen functional groups attached to an aromatic ring is 1. The fourth-order valence-electron chi connectivity index (χ4n) is 2.25. The van der Waals surface area contributed by atoms with Crippen molar-refractivity contribution in [3.8, 4) is 11.6 Å². The molecule has 0 fully saturated rings.